The molecule has 0 aliphatic heterocycles. The van der Waals surface area contributed by atoms with E-state index < -0.39 is 17.5 Å². The zero-order chi connectivity index (χ0) is 13.2. The van der Waals surface area contributed by atoms with Crippen LogP contribution >= 0.6 is 0 Å². The molecule has 92 valence electrons. The number of hydrogen-bond acceptors (Lipinski definition) is 3. The lowest BCUT2D eigenvalue weighted by molar-refractivity contribution is -0.115. The summed E-state index contributed by atoms with van der Waals surface area (Å²) in [5, 5.41) is 2.21. The number of hydrogen-bond donors (Lipinski definition) is 1. The van der Waals surface area contributed by atoms with E-state index in [0.717, 1.165) is 0 Å². The summed E-state index contributed by atoms with van der Waals surface area (Å²) < 4.78 is 4.86. The first-order valence-electron chi connectivity index (χ1n) is 5.02. The molecule has 6 heteroatoms. The van der Waals surface area contributed by atoms with Gasteiger partial charge in [-0.25, -0.2) is 4.79 Å². The standard InChI is InChI=1S/C8H13N3O3.C2H6/c1-8(2,3)14-7(13)10-4-6(12)5-11-9;1-2/h5H,4H2,1-3H3,(H,10,13);1-2H3. The second kappa shape index (κ2) is 8.61. The first-order chi connectivity index (χ1) is 7.35. The summed E-state index contributed by atoms with van der Waals surface area (Å²) in [7, 11) is 0. The Hall–Kier alpha value is -1.68. The highest BCUT2D eigenvalue weighted by molar-refractivity contribution is 6.26. The number of nitrogens with zero attached hydrogens (tertiary/aromatic N) is 2. The molecule has 0 saturated carbocycles. The van der Waals surface area contributed by atoms with Crippen molar-refractivity contribution in [1.82, 2.24) is 5.32 Å². The van der Waals surface area contributed by atoms with Crippen LogP contribution in [0.3, 0.4) is 0 Å². The molecular weight excluding hydrogens is 210 g/mol. The number of amides is 1. The van der Waals surface area contributed by atoms with Crippen LogP contribution in [0.15, 0.2) is 0 Å². The predicted octanol–water partition coefficient (Wildman–Crippen LogP) is 1.41. The molecule has 0 heterocycles. The van der Waals surface area contributed by atoms with Crippen LogP contribution in [0.2, 0.25) is 0 Å². The molecule has 16 heavy (non-hydrogen) atoms. The molecule has 0 aromatic heterocycles. The van der Waals surface area contributed by atoms with E-state index in [-0.39, 0.29) is 6.54 Å². The lowest BCUT2D eigenvalue weighted by atomic mass is 10.2. The van der Waals surface area contributed by atoms with Gasteiger partial charge in [0.1, 0.15) is 5.60 Å². The summed E-state index contributed by atoms with van der Waals surface area (Å²) in [4.78, 5) is 24.2. The topological polar surface area (TPSA) is 91.8 Å². The van der Waals surface area contributed by atoms with Crippen molar-refractivity contribution >= 4 is 18.1 Å². The quantitative estimate of drug-likeness (QED) is 0.450. The zero-order valence-electron chi connectivity index (χ0n) is 10.4. The van der Waals surface area contributed by atoms with Crippen LogP contribution in [0, 0.1) is 0 Å². The van der Waals surface area contributed by atoms with Gasteiger partial charge >= 0.3 is 12.3 Å². The van der Waals surface area contributed by atoms with E-state index in [2.05, 4.69) is 10.1 Å². The third kappa shape index (κ3) is 12.3. The molecule has 0 saturated heterocycles. The average Bonchev–Trinajstić information content (AvgIpc) is 2.16. The van der Waals surface area contributed by atoms with Gasteiger partial charge in [-0.15, -0.1) is 0 Å². The summed E-state index contributed by atoms with van der Waals surface area (Å²) in [6.07, 6.45) is 0.0226. The maximum Gasteiger partial charge on any atom is 0.408 e. The summed E-state index contributed by atoms with van der Waals surface area (Å²) >= 11 is 0. The first-order valence-corrected chi connectivity index (χ1v) is 5.02. The largest absolute Gasteiger partial charge is 0.444 e. The number of carbonyl (C=O) groups excluding carboxylic acids is 2. The minimum absolute atomic E-state index is 0.251. The summed E-state index contributed by atoms with van der Waals surface area (Å²) in [5.41, 5.74) is 7.39. The van der Waals surface area contributed by atoms with E-state index >= 15 is 0 Å². The number of ketones is 1. The maximum atomic E-state index is 11.0. The Morgan fingerprint density at radius 1 is 1.38 bits per heavy atom. The van der Waals surface area contributed by atoms with E-state index in [1.165, 1.54) is 0 Å². The number of alkyl carbamates (subject to hydrolysis) is 1. The highest BCUT2D eigenvalue weighted by atomic mass is 16.6. The summed E-state index contributed by atoms with van der Waals surface area (Å²) in [5.74, 6) is -0.515. The van der Waals surface area contributed by atoms with Crippen molar-refractivity contribution < 1.29 is 19.1 Å². The van der Waals surface area contributed by atoms with Crippen molar-refractivity contribution in [2.45, 2.75) is 40.2 Å². The van der Waals surface area contributed by atoms with E-state index in [0.29, 0.717) is 6.21 Å². The molecular formula is C10H19N3O3. The molecule has 1 N–H and O–H groups in total. The number of carbonyl (C=O) groups is 2. The van der Waals surface area contributed by atoms with Gasteiger partial charge in [0.2, 0.25) is 0 Å². The molecule has 1 amide bonds. The number of rotatable bonds is 3. The van der Waals surface area contributed by atoms with Crippen LogP contribution in [-0.2, 0) is 9.53 Å². The Morgan fingerprint density at radius 2 is 1.88 bits per heavy atom. The minimum Gasteiger partial charge on any atom is -0.444 e. The van der Waals surface area contributed by atoms with Gasteiger partial charge in [-0.05, 0) is 20.8 Å². The van der Waals surface area contributed by atoms with Gasteiger partial charge in [0, 0.05) is 0 Å². The van der Waals surface area contributed by atoms with Crippen molar-refractivity contribution in [2.24, 2.45) is 0 Å². The minimum atomic E-state index is -0.683. The molecule has 0 fully saturated rings. The molecule has 0 rings (SSSR count). The van der Waals surface area contributed by atoms with E-state index in [9.17, 15) is 9.59 Å². The van der Waals surface area contributed by atoms with E-state index in [1.54, 1.807) is 20.8 Å². The van der Waals surface area contributed by atoms with Gasteiger partial charge in [0.15, 0.2) is 0 Å². The number of nitrogens with one attached hydrogen (secondary N) is 1. The van der Waals surface area contributed by atoms with Gasteiger partial charge in [-0.2, -0.15) is 4.79 Å². The monoisotopic (exact) mass is 229 g/mol. The normalized spacial score (nSPS) is 9.06. The fourth-order valence-corrected chi connectivity index (χ4v) is 0.584. The van der Waals surface area contributed by atoms with Gasteiger partial charge < -0.3 is 15.6 Å². The second-order valence-corrected chi connectivity index (χ2v) is 3.57. The van der Waals surface area contributed by atoms with Crippen molar-refractivity contribution in [2.75, 3.05) is 6.54 Å². The van der Waals surface area contributed by atoms with Crippen molar-refractivity contribution in [3.63, 3.8) is 0 Å². The Balaban J connectivity index is 0. The van der Waals surface area contributed by atoms with E-state index in [1.807, 2.05) is 13.8 Å². The van der Waals surface area contributed by atoms with Gasteiger partial charge in [-0.3, -0.25) is 4.79 Å². The smallest absolute Gasteiger partial charge is 0.408 e. The van der Waals surface area contributed by atoms with Crippen LogP contribution < -0.4 is 5.32 Å². The fourth-order valence-electron chi connectivity index (χ4n) is 0.584. The highest BCUT2D eigenvalue weighted by Gasteiger charge is 2.16. The van der Waals surface area contributed by atoms with Crippen LogP contribution in [0.1, 0.15) is 34.6 Å². The van der Waals surface area contributed by atoms with Gasteiger partial charge in [-0.1, -0.05) is 13.8 Å². The predicted molar refractivity (Wildman–Crippen MR) is 60.3 cm³/mol. The molecule has 0 spiro atoms. The molecule has 0 unspecified atom stereocenters. The molecule has 0 bridgehead atoms. The summed E-state index contributed by atoms with van der Waals surface area (Å²) in [6, 6.07) is 0. The Bertz CT molecular complexity index is 276. The summed E-state index contributed by atoms with van der Waals surface area (Å²) in [6.45, 7) is 8.88. The highest BCUT2D eigenvalue weighted by Crippen LogP contribution is 2.05. The van der Waals surface area contributed by atoms with Crippen LogP contribution in [0.5, 0.6) is 0 Å². The first kappa shape index (κ1) is 16.7. The average molecular weight is 229 g/mol. The van der Waals surface area contributed by atoms with E-state index in [4.69, 9.17) is 10.3 Å². The van der Waals surface area contributed by atoms with Crippen LogP contribution in [-0.4, -0.2) is 35.0 Å². The molecule has 0 aliphatic rings. The second-order valence-electron chi connectivity index (χ2n) is 3.57. The Morgan fingerprint density at radius 3 is 2.25 bits per heavy atom. The third-order valence-electron chi connectivity index (χ3n) is 1.01. The molecule has 0 aliphatic carbocycles. The molecule has 0 aromatic carbocycles. The molecule has 6 nitrogen and oxygen atoms in total. The van der Waals surface area contributed by atoms with Crippen LogP contribution in [0.4, 0.5) is 4.79 Å². The third-order valence-corrected chi connectivity index (χ3v) is 1.01. The SMILES string of the molecule is CC.CC(C)(C)OC(=O)NCC(=O)C=[N+]=[N-]. The van der Waals surface area contributed by atoms with Crippen molar-refractivity contribution in [3.8, 4) is 0 Å². The number of Topliss-reactive ketones (excluding diaryl/α,β-unsaturated/α-hetero) is 1. The lowest BCUT2D eigenvalue weighted by Crippen LogP contribution is -2.35. The van der Waals surface area contributed by atoms with Crippen molar-refractivity contribution in [1.29, 1.82) is 0 Å². The molecule has 0 atom stereocenters. The Kier molecular flexibility index (Phi) is 9.01. The zero-order valence-corrected chi connectivity index (χ0v) is 10.4. The lowest BCUT2D eigenvalue weighted by Gasteiger charge is -2.19. The van der Waals surface area contributed by atoms with Gasteiger partial charge in [0.05, 0.1) is 6.54 Å². The van der Waals surface area contributed by atoms with Crippen molar-refractivity contribution in [3.05, 3.63) is 5.53 Å². The van der Waals surface area contributed by atoms with Gasteiger partial charge in [0.25, 0.3) is 5.78 Å². The molecule has 0 radical (unpaired) electrons. The fraction of sp³-hybridized carbons (Fsp3) is 0.700. The molecule has 0 aromatic rings. The van der Waals surface area contributed by atoms with Crippen LogP contribution in [0.25, 0.3) is 5.53 Å². The maximum absolute atomic E-state index is 11.0. The Labute approximate surface area is 95.6 Å². The number of ether oxygens (including phenoxy) is 1.